The van der Waals surface area contributed by atoms with Gasteiger partial charge in [-0.1, -0.05) is 60.1 Å². The molecule has 0 saturated carbocycles. The first kappa shape index (κ1) is 17.3. The highest BCUT2D eigenvalue weighted by atomic mass is 35.5. The van der Waals surface area contributed by atoms with E-state index in [0.717, 1.165) is 28.0 Å². The summed E-state index contributed by atoms with van der Waals surface area (Å²) < 4.78 is 1.90. The molecule has 0 unspecified atom stereocenters. The lowest BCUT2D eigenvalue weighted by atomic mass is 10.1. The van der Waals surface area contributed by atoms with E-state index in [1.54, 1.807) is 6.07 Å². The molecule has 4 rings (SSSR count). The summed E-state index contributed by atoms with van der Waals surface area (Å²) in [6, 6.07) is 21.2. The van der Waals surface area contributed by atoms with Crippen molar-refractivity contribution in [3.05, 3.63) is 89.1 Å². The fourth-order valence-corrected chi connectivity index (χ4v) is 3.26. The summed E-state index contributed by atoms with van der Waals surface area (Å²) in [6.45, 7) is 2.02. The van der Waals surface area contributed by atoms with E-state index in [1.807, 2.05) is 78.2 Å². The number of pyridine rings is 1. The average molecular weight is 376 g/mol. The van der Waals surface area contributed by atoms with Crippen LogP contribution in [0.15, 0.2) is 72.9 Å². The smallest absolute Gasteiger partial charge is 0.230 e. The molecule has 27 heavy (non-hydrogen) atoms. The minimum atomic E-state index is -0.136. The molecule has 0 saturated heterocycles. The first-order valence-corrected chi connectivity index (χ1v) is 9.07. The number of anilines is 1. The van der Waals surface area contributed by atoms with Crippen molar-refractivity contribution in [2.45, 2.75) is 13.3 Å². The largest absolute Gasteiger partial charge is 0.310 e. The third-order valence-electron chi connectivity index (χ3n) is 4.40. The van der Waals surface area contributed by atoms with Gasteiger partial charge in [0.2, 0.25) is 5.91 Å². The number of carbonyl (C=O) groups is 1. The molecular formula is C22H18ClN3O. The Labute approximate surface area is 162 Å². The maximum Gasteiger partial charge on any atom is 0.230 e. The van der Waals surface area contributed by atoms with Gasteiger partial charge in [0.1, 0.15) is 17.2 Å². The Morgan fingerprint density at radius 1 is 1.07 bits per heavy atom. The van der Waals surface area contributed by atoms with Crippen molar-refractivity contribution in [2.24, 2.45) is 0 Å². The summed E-state index contributed by atoms with van der Waals surface area (Å²) in [5.41, 5.74) is 4.39. The number of imidazole rings is 1. The number of hydrogen-bond donors (Lipinski definition) is 1. The number of rotatable bonds is 4. The highest BCUT2D eigenvalue weighted by Gasteiger charge is 2.17. The fraction of sp³-hybridized carbons (Fsp3) is 0.0909. The van der Waals surface area contributed by atoms with Crippen molar-refractivity contribution in [3.63, 3.8) is 0 Å². The lowest BCUT2D eigenvalue weighted by Crippen LogP contribution is -2.16. The van der Waals surface area contributed by atoms with E-state index in [1.165, 1.54) is 0 Å². The van der Waals surface area contributed by atoms with Gasteiger partial charge in [0.15, 0.2) is 0 Å². The van der Waals surface area contributed by atoms with Gasteiger partial charge in [0, 0.05) is 16.8 Å². The maximum atomic E-state index is 12.7. The third kappa shape index (κ3) is 3.57. The number of fused-ring (bicyclic) bond motifs is 1. The number of amides is 1. The van der Waals surface area contributed by atoms with Crippen molar-refractivity contribution < 1.29 is 4.79 Å². The predicted octanol–water partition coefficient (Wildman–Crippen LogP) is 5.14. The molecule has 1 amide bonds. The number of halogens is 1. The lowest BCUT2D eigenvalue weighted by Gasteiger charge is -2.09. The first-order valence-electron chi connectivity index (χ1n) is 8.69. The summed E-state index contributed by atoms with van der Waals surface area (Å²) in [7, 11) is 0. The van der Waals surface area contributed by atoms with Crippen LogP contribution in [0.3, 0.4) is 0 Å². The Morgan fingerprint density at radius 3 is 2.59 bits per heavy atom. The highest BCUT2D eigenvalue weighted by molar-refractivity contribution is 6.31. The topological polar surface area (TPSA) is 46.4 Å². The number of aromatic nitrogens is 2. The summed E-state index contributed by atoms with van der Waals surface area (Å²) in [5, 5.41) is 3.62. The SMILES string of the molecule is Cc1ccn2c(NC(=O)Cc3ccccc3Cl)c(-c3ccccc3)nc2c1. The summed E-state index contributed by atoms with van der Waals surface area (Å²) in [6.07, 6.45) is 2.13. The Kier molecular flexibility index (Phi) is 4.65. The van der Waals surface area contributed by atoms with Crippen molar-refractivity contribution in [1.29, 1.82) is 0 Å². The van der Waals surface area contributed by atoms with Crippen LogP contribution in [-0.4, -0.2) is 15.3 Å². The minimum absolute atomic E-state index is 0.136. The van der Waals surface area contributed by atoms with Gasteiger partial charge in [-0.2, -0.15) is 0 Å². The van der Waals surface area contributed by atoms with Crippen LogP contribution in [0, 0.1) is 6.92 Å². The van der Waals surface area contributed by atoms with E-state index in [2.05, 4.69) is 5.32 Å². The third-order valence-corrected chi connectivity index (χ3v) is 4.76. The molecule has 0 radical (unpaired) electrons. The summed E-state index contributed by atoms with van der Waals surface area (Å²) >= 11 is 6.19. The monoisotopic (exact) mass is 375 g/mol. The van der Waals surface area contributed by atoms with Crippen molar-refractivity contribution >= 4 is 29.0 Å². The maximum absolute atomic E-state index is 12.7. The lowest BCUT2D eigenvalue weighted by molar-refractivity contribution is -0.115. The van der Waals surface area contributed by atoms with Crippen LogP contribution in [0.5, 0.6) is 0 Å². The molecule has 5 heteroatoms. The first-order chi connectivity index (χ1) is 13.1. The van der Waals surface area contributed by atoms with E-state index in [0.29, 0.717) is 10.8 Å². The predicted molar refractivity (Wildman–Crippen MR) is 109 cm³/mol. The molecule has 0 spiro atoms. The Balaban J connectivity index is 1.73. The van der Waals surface area contributed by atoms with Crippen molar-refractivity contribution in [1.82, 2.24) is 9.38 Å². The quantitative estimate of drug-likeness (QED) is 0.536. The number of hydrogen-bond acceptors (Lipinski definition) is 2. The zero-order chi connectivity index (χ0) is 18.8. The van der Waals surface area contributed by atoms with Gasteiger partial charge >= 0.3 is 0 Å². The molecule has 4 aromatic rings. The van der Waals surface area contributed by atoms with Crippen LogP contribution in [0.4, 0.5) is 5.82 Å². The van der Waals surface area contributed by atoms with Crippen LogP contribution >= 0.6 is 11.6 Å². The Bertz CT molecular complexity index is 1120. The van der Waals surface area contributed by atoms with Crippen molar-refractivity contribution in [2.75, 3.05) is 5.32 Å². The van der Waals surface area contributed by atoms with Crippen LogP contribution in [0.2, 0.25) is 5.02 Å². The Hall–Kier alpha value is -3.11. The van der Waals surface area contributed by atoms with E-state index in [9.17, 15) is 4.79 Å². The number of benzene rings is 2. The highest BCUT2D eigenvalue weighted by Crippen LogP contribution is 2.29. The van der Waals surface area contributed by atoms with Crippen molar-refractivity contribution in [3.8, 4) is 11.3 Å². The second kappa shape index (κ2) is 7.25. The van der Waals surface area contributed by atoms with Crippen LogP contribution in [0.1, 0.15) is 11.1 Å². The fourth-order valence-electron chi connectivity index (χ4n) is 3.05. The molecular weight excluding hydrogens is 358 g/mol. The zero-order valence-electron chi connectivity index (χ0n) is 14.8. The number of nitrogens with zero attached hydrogens (tertiary/aromatic N) is 2. The summed E-state index contributed by atoms with van der Waals surface area (Å²) in [4.78, 5) is 17.5. The van der Waals surface area contributed by atoms with Crippen LogP contribution < -0.4 is 5.32 Å². The zero-order valence-corrected chi connectivity index (χ0v) is 15.6. The molecule has 0 fully saturated rings. The molecule has 0 atom stereocenters. The van der Waals surface area contributed by atoms with E-state index >= 15 is 0 Å². The molecule has 0 bridgehead atoms. The van der Waals surface area contributed by atoms with Crippen LogP contribution in [-0.2, 0) is 11.2 Å². The second-order valence-corrected chi connectivity index (χ2v) is 6.83. The van der Waals surface area contributed by atoms with Gasteiger partial charge in [-0.05, 0) is 36.2 Å². The normalized spacial score (nSPS) is 10.9. The van der Waals surface area contributed by atoms with Gasteiger partial charge < -0.3 is 5.32 Å². The molecule has 2 heterocycles. The van der Waals surface area contributed by atoms with E-state index < -0.39 is 0 Å². The van der Waals surface area contributed by atoms with E-state index in [-0.39, 0.29) is 12.3 Å². The molecule has 134 valence electrons. The molecule has 0 aliphatic carbocycles. The summed E-state index contributed by atoms with van der Waals surface area (Å²) in [5.74, 6) is 0.524. The number of nitrogens with one attached hydrogen (secondary N) is 1. The number of aryl methyl sites for hydroxylation is 1. The van der Waals surface area contributed by atoms with Crippen LogP contribution in [0.25, 0.3) is 16.9 Å². The molecule has 2 aromatic heterocycles. The molecule has 0 aliphatic rings. The van der Waals surface area contributed by atoms with Gasteiger partial charge in [0.05, 0.1) is 6.42 Å². The van der Waals surface area contributed by atoms with Gasteiger partial charge in [-0.3, -0.25) is 9.20 Å². The van der Waals surface area contributed by atoms with E-state index in [4.69, 9.17) is 16.6 Å². The number of carbonyl (C=O) groups excluding carboxylic acids is 1. The molecule has 4 nitrogen and oxygen atoms in total. The van der Waals surface area contributed by atoms with Gasteiger partial charge in [-0.15, -0.1) is 0 Å². The van der Waals surface area contributed by atoms with Gasteiger partial charge in [0.25, 0.3) is 0 Å². The minimum Gasteiger partial charge on any atom is -0.310 e. The second-order valence-electron chi connectivity index (χ2n) is 6.42. The molecule has 2 aromatic carbocycles. The molecule has 0 aliphatic heterocycles. The standard InChI is InChI=1S/C22H18ClN3O/c1-15-11-12-26-19(13-15)24-21(16-7-3-2-4-8-16)22(26)25-20(27)14-17-9-5-6-10-18(17)23/h2-13H,14H2,1H3,(H,25,27). The average Bonchev–Trinajstić information content (AvgIpc) is 3.01. The molecule has 1 N–H and O–H groups in total. The Morgan fingerprint density at radius 2 is 1.81 bits per heavy atom. The van der Waals surface area contributed by atoms with Gasteiger partial charge in [-0.25, -0.2) is 4.98 Å².